The molecule has 7 heteroatoms. The van der Waals surface area contributed by atoms with E-state index >= 15 is 0 Å². The van der Waals surface area contributed by atoms with E-state index in [9.17, 15) is 4.79 Å². The van der Waals surface area contributed by atoms with E-state index in [1.54, 1.807) is 18.2 Å². The van der Waals surface area contributed by atoms with Crippen LogP contribution in [0, 0.1) is 0 Å². The summed E-state index contributed by atoms with van der Waals surface area (Å²) in [6.07, 6.45) is 0. The molecule has 0 bridgehead atoms. The van der Waals surface area contributed by atoms with Gasteiger partial charge in [0.25, 0.3) is 5.91 Å². The zero-order chi connectivity index (χ0) is 15.8. The molecule has 0 saturated carbocycles. The molecular weight excluding hydrogens is 292 g/mol. The van der Waals surface area contributed by atoms with E-state index in [0.717, 1.165) is 22.4 Å². The summed E-state index contributed by atoms with van der Waals surface area (Å²) in [7, 11) is 0. The summed E-state index contributed by atoms with van der Waals surface area (Å²) in [5.41, 5.74) is 3.76. The fourth-order valence-electron chi connectivity index (χ4n) is 2.51. The van der Waals surface area contributed by atoms with E-state index in [0.29, 0.717) is 11.1 Å². The fourth-order valence-corrected chi connectivity index (χ4v) is 2.51. The first kappa shape index (κ1) is 13.4. The lowest BCUT2D eigenvalue weighted by Crippen LogP contribution is -2.27. The number of H-pyrrole nitrogens is 2. The minimum atomic E-state index is -0.233. The van der Waals surface area contributed by atoms with E-state index in [-0.39, 0.29) is 11.9 Å². The van der Waals surface area contributed by atoms with Crippen molar-refractivity contribution in [3.05, 3.63) is 53.9 Å². The number of nitrogens with zero attached hydrogens (tertiary/aromatic N) is 3. The zero-order valence-electron chi connectivity index (χ0n) is 12.4. The summed E-state index contributed by atoms with van der Waals surface area (Å²) in [5, 5.41) is 13.4. The molecule has 2 aromatic heterocycles. The summed E-state index contributed by atoms with van der Waals surface area (Å²) in [5.74, 6) is 0.546. The normalized spacial score (nSPS) is 12.6. The third-order valence-corrected chi connectivity index (χ3v) is 3.74. The second kappa shape index (κ2) is 5.20. The predicted molar refractivity (Wildman–Crippen MR) is 85.9 cm³/mol. The number of benzene rings is 2. The number of nitrogens with one attached hydrogen (secondary N) is 3. The van der Waals surface area contributed by atoms with Gasteiger partial charge < -0.3 is 10.3 Å². The molecule has 0 unspecified atom stereocenters. The van der Waals surface area contributed by atoms with Crippen molar-refractivity contribution in [1.82, 2.24) is 30.7 Å². The van der Waals surface area contributed by atoms with Gasteiger partial charge in [0.15, 0.2) is 0 Å². The average Bonchev–Trinajstić information content (AvgIpc) is 3.20. The van der Waals surface area contributed by atoms with Crippen molar-refractivity contribution in [3.8, 4) is 0 Å². The van der Waals surface area contributed by atoms with Crippen molar-refractivity contribution in [1.29, 1.82) is 0 Å². The van der Waals surface area contributed by atoms with Gasteiger partial charge in [0.05, 0.1) is 17.1 Å². The number of hydrogen-bond donors (Lipinski definition) is 3. The second-order valence-electron chi connectivity index (χ2n) is 5.36. The molecule has 0 spiro atoms. The van der Waals surface area contributed by atoms with Crippen LogP contribution in [0.25, 0.3) is 22.1 Å². The molecule has 0 aliphatic rings. The quantitative estimate of drug-likeness (QED) is 0.541. The van der Waals surface area contributed by atoms with Gasteiger partial charge in [-0.05, 0) is 37.3 Å². The Morgan fingerprint density at radius 3 is 2.78 bits per heavy atom. The Kier molecular flexibility index (Phi) is 3.04. The number of hydrogen-bond acceptors (Lipinski definition) is 4. The van der Waals surface area contributed by atoms with Crippen LogP contribution < -0.4 is 5.32 Å². The van der Waals surface area contributed by atoms with E-state index < -0.39 is 0 Å². The van der Waals surface area contributed by atoms with Crippen molar-refractivity contribution in [2.24, 2.45) is 0 Å². The molecule has 7 nitrogen and oxygen atoms in total. The van der Waals surface area contributed by atoms with Gasteiger partial charge >= 0.3 is 0 Å². The van der Waals surface area contributed by atoms with Crippen molar-refractivity contribution in [2.75, 3.05) is 0 Å². The molecule has 3 N–H and O–H groups in total. The van der Waals surface area contributed by atoms with Gasteiger partial charge in [0.2, 0.25) is 0 Å². The number of imidazole rings is 1. The number of aromatic nitrogens is 5. The molecule has 0 aliphatic carbocycles. The Hall–Kier alpha value is -3.22. The van der Waals surface area contributed by atoms with E-state index in [4.69, 9.17) is 0 Å². The lowest BCUT2D eigenvalue weighted by Gasteiger charge is -2.11. The molecule has 4 aromatic rings. The van der Waals surface area contributed by atoms with Gasteiger partial charge in [-0.2, -0.15) is 15.4 Å². The van der Waals surface area contributed by atoms with Crippen LogP contribution in [0.15, 0.2) is 42.5 Å². The third-order valence-electron chi connectivity index (χ3n) is 3.74. The number of para-hydroxylation sites is 2. The van der Waals surface area contributed by atoms with Crippen LogP contribution >= 0.6 is 0 Å². The topological polar surface area (TPSA) is 99.3 Å². The smallest absolute Gasteiger partial charge is 0.251 e. The van der Waals surface area contributed by atoms with Crippen LogP contribution in [0.3, 0.4) is 0 Å². The Balaban J connectivity index is 1.57. The highest BCUT2D eigenvalue weighted by Crippen LogP contribution is 2.17. The standard InChI is InChI=1S/C16H14N6O/c1-9(15-18-11-4-2-3-5-12(11)19-15)17-16(23)10-6-7-13-14(8-10)21-22-20-13/h2-9H,1H3,(H,17,23)(H,18,19)(H,20,21,22)/t9-/m0/s1. The maximum atomic E-state index is 12.4. The highest BCUT2D eigenvalue weighted by molar-refractivity contribution is 5.97. The fraction of sp³-hybridized carbons (Fsp3) is 0.125. The van der Waals surface area contributed by atoms with Crippen molar-refractivity contribution >= 4 is 28.0 Å². The van der Waals surface area contributed by atoms with Gasteiger partial charge in [0.1, 0.15) is 16.9 Å². The summed E-state index contributed by atoms with van der Waals surface area (Å²) in [6.45, 7) is 1.89. The summed E-state index contributed by atoms with van der Waals surface area (Å²) in [4.78, 5) is 20.1. The highest BCUT2D eigenvalue weighted by atomic mass is 16.1. The first-order valence-corrected chi connectivity index (χ1v) is 7.27. The lowest BCUT2D eigenvalue weighted by molar-refractivity contribution is 0.0938. The molecule has 0 fully saturated rings. The van der Waals surface area contributed by atoms with Crippen molar-refractivity contribution in [2.45, 2.75) is 13.0 Å². The van der Waals surface area contributed by atoms with E-state index in [1.807, 2.05) is 31.2 Å². The summed E-state index contributed by atoms with van der Waals surface area (Å²) >= 11 is 0. The van der Waals surface area contributed by atoms with Gasteiger partial charge in [-0.25, -0.2) is 4.98 Å². The Bertz CT molecular complexity index is 969. The minimum absolute atomic E-state index is 0.178. The molecule has 1 amide bonds. The Morgan fingerprint density at radius 2 is 1.91 bits per heavy atom. The molecule has 0 saturated heterocycles. The predicted octanol–water partition coefficient (Wildman–Crippen LogP) is 2.33. The Morgan fingerprint density at radius 1 is 1.09 bits per heavy atom. The highest BCUT2D eigenvalue weighted by Gasteiger charge is 2.15. The molecule has 2 aromatic carbocycles. The van der Waals surface area contributed by atoms with E-state index in [2.05, 4.69) is 30.7 Å². The first-order chi connectivity index (χ1) is 11.2. The molecular formula is C16H14N6O. The first-order valence-electron chi connectivity index (χ1n) is 7.27. The van der Waals surface area contributed by atoms with Crippen LogP contribution in [-0.2, 0) is 0 Å². The summed E-state index contributed by atoms with van der Waals surface area (Å²) < 4.78 is 0. The molecule has 0 aliphatic heterocycles. The Labute approximate surface area is 131 Å². The number of aromatic amines is 2. The number of amides is 1. The molecule has 4 rings (SSSR count). The van der Waals surface area contributed by atoms with Gasteiger partial charge in [0, 0.05) is 5.56 Å². The largest absolute Gasteiger partial charge is 0.342 e. The summed E-state index contributed by atoms with van der Waals surface area (Å²) in [6, 6.07) is 12.7. The maximum Gasteiger partial charge on any atom is 0.251 e. The third kappa shape index (κ3) is 2.42. The monoisotopic (exact) mass is 306 g/mol. The van der Waals surface area contributed by atoms with Gasteiger partial charge in [-0.3, -0.25) is 4.79 Å². The average molecular weight is 306 g/mol. The molecule has 2 heterocycles. The minimum Gasteiger partial charge on any atom is -0.342 e. The van der Waals surface area contributed by atoms with Crippen molar-refractivity contribution in [3.63, 3.8) is 0 Å². The number of carbonyl (C=O) groups excluding carboxylic acids is 1. The van der Waals surface area contributed by atoms with Crippen LogP contribution in [0.4, 0.5) is 0 Å². The van der Waals surface area contributed by atoms with Gasteiger partial charge in [-0.1, -0.05) is 12.1 Å². The van der Waals surface area contributed by atoms with Crippen LogP contribution in [0.1, 0.15) is 29.1 Å². The van der Waals surface area contributed by atoms with Crippen LogP contribution in [-0.4, -0.2) is 31.3 Å². The SMILES string of the molecule is C[C@H](NC(=O)c1ccc2n[nH]nc2c1)c1nc2ccccc2[nH]1. The maximum absolute atomic E-state index is 12.4. The van der Waals surface area contributed by atoms with Crippen LogP contribution in [0.5, 0.6) is 0 Å². The number of rotatable bonds is 3. The molecule has 114 valence electrons. The van der Waals surface area contributed by atoms with E-state index in [1.165, 1.54) is 0 Å². The molecule has 23 heavy (non-hydrogen) atoms. The zero-order valence-corrected chi connectivity index (χ0v) is 12.4. The molecule has 1 atom stereocenters. The van der Waals surface area contributed by atoms with Gasteiger partial charge in [-0.15, -0.1) is 0 Å². The van der Waals surface area contributed by atoms with Crippen molar-refractivity contribution < 1.29 is 4.79 Å². The molecule has 0 radical (unpaired) electrons. The number of carbonyl (C=O) groups is 1. The second-order valence-corrected chi connectivity index (χ2v) is 5.36. The number of fused-ring (bicyclic) bond motifs is 2. The lowest BCUT2D eigenvalue weighted by atomic mass is 10.1. The van der Waals surface area contributed by atoms with Crippen LogP contribution in [0.2, 0.25) is 0 Å².